The van der Waals surface area contributed by atoms with Crippen LogP contribution in [0.3, 0.4) is 0 Å². The highest BCUT2D eigenvalue weighted by Crippen LogP contribution is 2.45. The van der Waals surface area contributed by atoms with Crippen molar-refractivity contribution in [2.75, 3.05) is 6.61 Å². The Morgan fingerprint density at radius 3 is 2.05 bits per heavy atom. The molecular weight excluding hydrogens is 284 g/mol. The van der Waals surface area contributed by atoms with E-state index < -0.39 is 8.32 Å². The number of fused-ring (bicyclic) bond motifs is 1. The fourth-order valence-electron chi connectivity index (χ4n) is 4.23. The van der Waals surface area contributed by atoms with Gasteiger partial charge in [-0.25, -0.2) is 0 Å². The summed E-state index contributed by atoms with van der Waals surface area (Å²) < 4.78 is 6.70. The van der Waals surface area contributed by atoms with E-state index in [9.17, 15) is 0 Å². The van der Waals surface area contributed by atoms with Crippen LogP contribution in [0.15, 0.2) is 72.8 Å². The van der Waals surface area contributed by atoms with Crippen molar-refractivity contribution in [3.63, 3.8) is 0 Å². The summed E-state index contributed by atoms with van der Waals surface area (Å²) in [6.45, 7) is 3.21. The Kier molecular flexibility index (Phi) is 3.51. The molecular formula is C20H22OSi. The molecule has 1 saturated heterocycles. The van der Waals surface area contributed by atoms with Gasteiger partial charge in [0.2, 0.25) is 0 Å². The minimum Gasteiger partial charge on any atom is -0.407 e. The van der Waals surface area contributed by atoms with Crippen LogP contribution >= 0.6 is 0 Å². The number of benzene rings is 2. The number of hydrogen-bond acceptors (Lipinski definition) is 1. The van der Waals surface area contributed by atoms with Gasteiger partial charge in [-0.2, -0.15) is 0 Å². The molecule has 0 aromatic heterocycles. The second-order valence-corrected chi connectivity index (χ2v) is 10.3. The highest BCUT2D eigenvalue weighted by molar-refractivity contribution is 6.99. The monoisotopic (exact) mass is 306 g/mol. The standard InChI is InChI=1S/C20H22OSi/c1-16-12-13-17-15-21-22(20(17)14-16,18-8-4-2-5-9-18)19-10-6-3-7-11-19/h2-13,16-17,20H,14-15H2,1H3/t16-,17-,20+/m1/s1. The van der Waals surface area contributed by atoms with Gasteiger partial charge in [-0.05, 0) is 28.3 Å². The Labute approximate surface area is 133 Å². The zero-order valence-corrected chi connectivity index (χ0v) is 14.0. The van der Waals surface area contributed by atoms with E-state index in [1.807, 2.05) is 0 Å². The summed E-state index contributed by atoms with van der Waals surface area (Å²) in [5.74, 6) is 1.24. The van der Waals surface area contributed by atoms with Crippen molar-refractivity contribution < 1.29 is 4.43 Å². The first-order valence-corrected chi connectivity index (χ1v) is 10.2. The molecule has 22 heavy (non-hydrogen) atoms. The molecule has 0 spiro atoms. The van der Waals surface area contributed by atoms with Gasteiger partial charge in [0, 0.05) is 12.5 Å². The van der Waals surface area contributed by atoms with Gasteiger partial charge >= 0.3 is 0 Å². The maximum Gasteiger partial charge on any atom is 0.259 e. The van der Waals surface area contributed by atoms with E-state index in [1.165, 1.54) is 16.8 Å². The molecule has 0 unspecified atom stereocenters. The van der Waals surface area contributed by atoms with Gasteiger partial charge in [-0.3, -0.25) is 0 Å². The third-order valence-corrected chi connectivity index (χ3v) is 9.97. The summed E-state index contributed by atoms with van der Waals surface area (Å²) in [7, 11) is -2.14. The van der Waals surface area contributed by atoms with Crippen LogP contribution in [0, 0.1) is 11.8 Å². The minimum atomic E-state index is -2.14. The van der Waals surface area contributed by atoms with E-state index in [1.54, 1.807) is 0 Å². The first kappa shape index (κ1) is 14.0. The molecule has 2 aromatic rings. The molecule has 0 radical (unpaired) electrons. The largest absolute Gasteiger partial charge is 0.407 e. The van der Waals surface area contributed by atoms with Gasteiger partial charge in [0.15, 0.2) is 0 Å². The molecule has 0 bridgehead atoms. The van der Waals surface area contributed by atoms with Crippen molar-refractivity contribution >= 4 is 18.7 Å². The molecule has 1 aliphatic heterocycles. The first-order chi connectivity index (χ1) is 10.8. The van der Waals surface area contributed by atoms with E-state index in [-0.39, 0.29) is 0 Å². The van der Waals surface area contributed by atoms with Gasteiger partial charge in [0.25, 0.3) is 8.32 Å². The lowest BCUT2D eigenvalue weighted by atomic mass is 9.89. The summed E-state index contributed by atoms with van der Waals surface area (Å²) in [4.78, 5) is 0. The molecule has 0 N–H and O–H groups in total. The molecule has 0 amide bonds. The van der Waals surface area contributed by atoms with Crippen molar-refractivity contribution in [1.29, 1.82) is 0 Å². The molecule has 3 atom stereocenters. The topological polar surface area (TPSA) is 9.23 Å². The summed E-state index contributed by atoms with van der Waals surface area (Å²) in [5, 5.41) is 2.85. The molecule has 2 aliphatic rings. The lowest BCUT2D eigenvalue weighted by molar-refractivity contribution is 0.325. The van der Waals surface area contributed by atoms with Gasteiger partial charge in [-0.15, -0.1) is 0 Å². The Balaban J connectivity index is 1.89. The second-order valence-electron chi connectivity index (χ2n) is 6.65. The Bertz CT molecular complexity index is 625. The third-order valence-electron chi connectivity index (χ3n) is 5.26. The van der Waals surface area contributed by atoms with Crippen molar-refractivity contribution in [3.8, 4) is 0 Å². The number of hydrogen-bond donors (Lipinski definition) is 0. The average molecular weight is 306 g/mol. The zero-order chi connectivity index (χ0) is 15.0. The molecule has 112 valence electrons. The van der Waals surface area contributed by atoms with Gasteiger partial charge < -0.3 is 4.43 Å². The van der Waals surface area contributed by atoms with Crippen LogP contribution < -0.4 is 10.4 Å². The van der Waals surface area contributed by atoms with E-state index in [0.717, 1.165) is 6.61 Å². The molecule has 2 aromatic carbocycles. The van der Waals surface area contributed by atoms with Crippen LogP contribution in [-0.4, -0.2) is 14.9 Å². The predicted octanol–water partition coefficient (Wildman–Crippen LogP) is 3.36. The highest BCUT2D eigenvalue weighted by atomic mass is 28.4. The van der Waals surface area contributed by atoms with Crippen LogP contribution in [0.1, 0.15) is 13.3 Å². The lowest BCUT2D eigenvalue weighted by Gasteiger charge is -2.36. The van der Waals surface area contributed by atoms with Crippen molar-refractivity contribution in [3.05, 3.63) is 72.8 Å². The molecule has 4 rings (SSSR count). The summed E-state index contributed by atoms with van der Waals surface area (Å²) in [6.07, 6.45) is 6.04. The second kappa shape index (κ2) is 5.53. The minimum absolute atomic E-state index is 0.586. The fraction of sp³-hybridized carbons (Fsp3) is 0.300. The number of rotatable bonds is 2. The molecule has 1 heterocycles. The van der Waals surface area contributed by atoms with Gasteiger partial charge in [0.05, 0.1) is 0 Å². The van der Waals surface area contributed by atoms with E-state index in [2.05, 4.69) is 79.7 Å². The maximum absolute atomic E-state index is 6.70. The van der Waals surface area contributed by atoms with Crippen molar-refractivity contribution in [2.45, 2.75) is 18.9 Å². The van der Waals surface area contributed by atoms with E-state index >= 15 is 0 Å². The van der Waals surface area contributed by atoms with Crippen LogP contribution in [0.4, 0.5) is 0 Å². The third kappa shape index (κ3) is 2.10. The van der Waals surface area contributed by atoms with Crippen molar-refractivity contribution in [2.24, 2.45) is 11.8 Å². The van der Waals surface area contributed by atoms with Crippen molar-refractivity contribution in [1.82, 2.24) is 0 Å². The molecule has 0 saturated carbocycles. The zero-order valence-electron chi connectivity index (χ0n) is 13.0. The summed E-state index contributed by atoms with van der Waals surface area (Å²) >= 11 is 0. The quantitative estimate of drug-likeness (QED) is 0.611. The van der Waals surface area contributed by atoms with E-state index in [0.29, 0.717) is 17.4 Å². The smallest absolute Gasteiger partial charge is 0.259 e. The van der Waals surface area contributed by atoms with Crippen LogP contribution in [0.25, 0.3) is 0 Å². The highest BCUT2D eigenvalue weighted by Gasteiger charge is 2.55. The fourth-order valence-corrected chi connectivity index (χ4v) is 9.31. The SMILES string of the molecule is C[C@@H]1C=C[C@@H]2CO[Si](c3ccccc3)(c3ccccc3)[C@H]2C1. The average Bonchev–Trinajstić information content (AvgIpc) is 2.96. The first-order valence-electron chi connectivity index (χ1n) is 8.24. The molecule has 1 aliphatic carbocycles. The van der Waals surface area contributed by atoms with Gasteiger partial charge in [0.1, 0.15) is 0 Å². The molecule has 2 heteroatoms. The van der Waals surface area contributed by atoms with Crippen LogP contribution in [0.5, 0.6) is 0 Å². The van der Waals surface area contributed by atoms with Crippen LogP contribution in [-0.2, 0) is 4.43 Å². The lowest BCUT2D eigenvalue weighted by Crippen LogP contribution is -2.61. The Morgan fingerprint density at radius 1 is 0.864 bits per heavy atom. The Morgan fingerprint density at radius 2 is 1.45 bits per heavy atom. The van der Waals surface area contributed by atoms with Crippen LogP contribution in [0.2, 0.25) is 5.54 Å². The predicted molar refractivity (Wildman–Crippen MR) is 94.0 cm³/mol. The Hall–Kier alpha value is -1.64. The summed E-state index contributed by atoms with van der Waals surface area (Å²) in [5.41, 5.74) is 0.650. The van der Waals surface area contributed by atoms with E-state index in [4.69, 9.17) is 4.43 Å². The maximum atomic E-state index is 6.70. The number of allylic oxidation sites excluding steroid dienone is 1. The van der Waals surface area contributed by atoms with Gasteiger partial charge in [-0.1, -0.05) is 79.7 Å². The molecule has 1 fully saturated rings. The normalized spacial score (nSPS) is 29.2. The molecule has 1 nitrogen and oxygen atoms in total. The summed E-state index contributed by atoms with van der Waals surface area (Å²) in [6, 6.07) is 22.0.